The molecule has 21 heavy (non-hydrogen) atoms. The van der Waals surface area contributed by atoms with E-state index in [1.54, 1.807) is 18.2 Å². The summed E-state index contributed by atoms with van der Waals surface area (Å²) in [6.45, 7) is 1.60. The fraction of sp³-hybridized carbons (Fsp3) is 0.333. The third-order valence-corrected chi connectivity index (χ3v) is 4.21. The zero-order valence-corrected chi connectivity index (χ0v) is 12.8. The molecule has 0 radical (unpaired) electrons. The van der Waals surface area contributed by atoms with Gasteiger partial charge in [0.2, 0.25) is 0 Å². The lowest BCUT2D eigenvalue weighted by atomic mass is 10.1. The van der Waals surface area contributed by atoms with Crippen molar-refractivity contribution in [2.45, 2.75) is 18.9 Å². The van der Waals surface area contributed by atoms with E-state index in [0.717, 1.165) is 37.3 Å². The van der Waals surface area contributed by atoms with E-state index in [9.17, 15) is 5.11 Å². The molecule has 0 spiro atoms. The highest BCUT2D eigenvalue weighted by Gasteiger charge is 2.18. The van der Waals surface area contributed by atoms with E-state index in [4.69, 9.17) is 23.2 Å². The number of benzene rings is 1. The lowest BCUT2D eigenvalue weighted by Crippen LogP contribution is -2.36. The van der Waals surface area contributed by atoms with Crippen LogP contribution in [0.25, 0.3) is 11.3 Å². The van der Waals surface area contributed by atoms with E-state index < -0.39 is 0 Å². The quantitative estimate of drug-likeness (QED) is 0.920. The van der Waals surface area contributed by atoms with Crippen molar-refractivity contribution in [1.29, 1.82) is 0 Å². The Labute approximate surface area is 133 Å². The normalized spacial score (nSPS) is 16.2. The summed E-state index contributed by atoms with van der Waals surface area (Å²) in [5, 5.41) is 19.3. The van der Waals surface area contributed by atoms with E-state index in [-0.39, 0.29) is 6.10 Å². The summed E-state index contributed by atoms with van der Waals surface area (Å²) in [7, 11) is 0. The SMILES string of the molecule is OC1CCN(c2ccc(-c3cc(Cl)ccc3Cl)nn2)CC1. The molecule has 1 N–H and O–H groups in total. The predicted molar refractivity (Wildman–Crippen MR) is 84.9 cm³/mol. The van der Waals surface area contributed by atoms with Crippen LogP contribution in [0.3, 0.4) is 0 Å². The maximum Gasteiger partial charge on any atom is 0.151 e. The number of halogens is 2. The number of aliphatic hydroxyl groups is 1. The van der Waals surface area contributed by atoms with E-state index in [2.05, 4.69) is 15.1 Å². The van der Waals surface area contributed by atoms with E-state index in [1.165, 1.54) is 0 Å². The van der Waals surface area contributed by atoms with Gasteiger partial charge in [-0.3, -0.25) is 0 Å². The highest BCUT2D eigenvalue weighted by atomic mass is 35.5. The Kier molecular flexibility index (Phi) is 4.29. The molecule has 1 aromatic carbocycles. The first-order valence-corrected chi connectivity index (χ1v) is 7.61. The van der Waals surface area contributed by atoms with Gasteiger partial charge < -0.3 is 10.0 Å². The molecule has 1 saturated heterocycles. The molecule has 110 valence electrons. The summed E-state index contributed by atoms with van der Waals surface area (Å²) in [4.78, 5) is 2.13. The number of piperidine rings is 1. The van der Waals surface area contributed by atoms with Gasteiger partial charge in [0.25, 0.3) is 0 Å². The Hall–Kier alpha value is -1.36. The maximum absolute atomic E-state index is 9.53. The molecule has 0 atom stereocenters. The number of aromatic nitrogens is 2. The second-order valence-corrected chi connectivity index (χ2v) is 5.96. The molecule has 0 bridgehead atoms. The topological polar surface area (TPSA) is 49.2 Å². The maximum atomic E-state index is 9.53. The van der Waals surface area contributed by atoms with Crippen LogP contribution in [0, 0.1) is 0 Å². The van der Waals surface area contributed by atoms with Crippen LogP contribution in [0.15, 0.2) is 30.3 Å². The number of hydrogen-bond acceptors (Lipinski definition) is 4. The predicted octanol–water partition coefficient (Wildman–Crippen LogP) is 3.41. The van der Waals surface area contributed by atoms with Crippen LogP contribution < -0.4 is 4.90 Å². The Morgan fingerprint density at radius 1 is 1.05 bits per heavy atom. The number of aliphatic hydroxyl groups excluding tert-OH is 1. The molecule has 1 fully saturated rings. The molecule has 2 aromatic rings. The molecule has 1 aliphatic rings. The minimum Gasteiger partial charge on any atom is -0.393 e. The largest absolute Gasteiger partial charge is 0.393 e. The summed E-state index contributed by atoms with van der Waals surface area (Å²) >= 11 is 12.2. The number of anilines is 1. The highest BCUT2D eigenvalue weighted by Crippen LogP contribution is 2.29. The van der Waals surface area contributed by atoms with Gasteiger partial charge >= 0.3 is 0 Å². The summed E-state index contributed by atoms with van der Waals surface area (Å²) in [6, 6.07) is 9.10. The fourth-order valence-corrected chi connectivity index (χ4v) is 2.81. The smallest absolute Gasteiger partial charge is 0.151 e. The van der Waals surface area contributed by atoms with Crippen molar-refractivity contribution in [3.63, 3.8) is 0 Å². The van der Waals surface area contributed by atoms with Gasteiger partial charge in [0, 0.05) is 23.7 Å². The van der Waals surface area contributed by atoms with E-state index in [1.807, 2.05) is 12.1 Å². The van der Waals surface area contributed by atoms with Crippen molar-refractivity contribution in [3.8, 4) is 11.3 Å². The zero-order chi connectivity index (χ0) is 14.8. The third kappa shape index (κ3) is 3.28. The van der Waals surface area contributed by atoms with Crippen molar-refractivity contribution >= 4 is 29.0 Å². The monoisotopic (exact) mass is 323 g/mol. The van der Waals surface area contributed by atoms with Gasteiger partial charge in [-0.15, -0.1) is 10.2 Å². The molecular formula is C15H15Cl2N3O. The molecule has 2 heterocycles. The average molecular weight is 324 g/mol. The number of hydrogen-bond donors (Lipinski definition) is 1. The Morgan fingerprint density at radius 3 is 2.48 bits per heavy atom. The standard InChI is InChI=1S/C15H15Cl2N3O/c16-10-1-2-13(17)12(9-10)14-3-4-15(19-18-14)20-7-5-11(21)6-8-20/h1-4,9,11,21H,5-8H2. The van der Waals surface area contributed by atoms with Crippen molar-refractivity contribution in [2.24, 2.45) is 0 Å². The minimum absolute atomic E-state index is 0.196. The molecule has 4 nitrogen and oxygen atoms in total. The second-order valence-electron chi connectivity index (χ2n) is 5.12. The minimum atomic E-state index is -0.196. The van der Waals surface area contributed by atoms with Gasteiger partial charge in [-0.1, -0.05) is 23.2 Å². The van der Waals surface area contributed by atoms with Crippen molar-refractivity contribution in [3.05, 3.63) is 40.4 Å². The van der Waals surface area contributed by atoms with Gasteiger partial charge in [-0.2, -0.15) is 0 Å². The molecule has 0 saturated carbocycles. The molecule has 6 heteroatoms. The molecule has 3 rings (SSSR count). The number of rotatable bonds is 2. The van der Waals surface area contributed by atoms with Crippen LogP contribution >= 0.6 is 23.2 Å². The fourth-order valence-electron chi connectivity index (χ4n) is 2.43. The summed E-state index contributed by atoms with van der Waals surface area (Å²) in [5.41, 5.74) is 1.47. The number of nitrogens with zero attached hydrogens (tertiary/aromatic N) is 3. The van der Waals surface area contributed by atoms with Crippen LogP contribution in [0.2, 0.25) is 10.0 Å². The van der Waals surface area contributed by atoms with Crippen LogP contribution in [-0.2, 0) is 0 Å². The first-order valence-electron chi connectivity index (χ1n) is 6.85. The average Bonchev–Trinajstić information content (AvgIpc) is 2.51. The Bertz CT molecular complexity index is 625. The zero-order valence-electron chi connectivity index (χ0n) is 11.3. The van der Waals surface area contributed by atoms with Crippen LogP contribution in [0.5, 0.6) is 0 Å². The third-order valence-electron chi connectivity index (χ3n) is 3.64. The summed E-state index contributed by atoms with van der Waals surface area (Å²) in [5.74, 6) is 0.823. The van der Waals surface area contributed by atoms with E-state index in [0.29, 0.717) is 15.7 Å². The van der Waals surface area contributed by atoms with E-state index >= 15 is 0 Å². The highest BCUT2D eigenvalue weighted by molar-refractivity contribution is 6.35. The lowest BCUT2D eigenvalue weighted by Gasteiger charge is -2.30. The van der Waals surface area contributed by atoms with Crippen LogP contribution in [0.1, 0.15) is 12.8 Å². The van der Waals surface area contributed by atoms with Crippen molar-refractivity contribution in [1.82, 2.24) is 10.2 Å². The molecule has 0 amide bonds. The van der Waals surface area contributed by atoms with Gasteiger partial charge in [-0.25, -0.2) is 0 Å². The van der Waals surface area contributed by atoms with Crippen LogP contribution in [-0.4, -0.2) is 34.5 Å². The summed E-state index contributed by atoms with van der Waals surface area (Å²) in [6.07, 6.45) is 1.34. The molecular weight excluding hydrogens is 309 g/mol. The van der Waals surface area contributed by atoms with Gasteiger partial charge in [0.15, 0.2) is 5.82 Å². The van der Waals surface area contributed by atoms with Gasteiger partial charge in [0.05, 0.1) is 16.8 Å². The summed E-state index contributed by atoms with van der Waals surface area (Å²) < 4.78 is 0. The Morgan fingerprint density at radius 2 is 1.81 bits per heavy atom. The Balaban J connectivity index is 1.82. The van der Waals surface area contributed by atoms with Gasteiger partial charge in [-0.05, 0) is 43.2 Å². The van der Waals surface area contributed by atoms with Crippen LogP contribution in [0.4, 0.5) is 5.82 Å². The lowest BCUT2D eigenvalue weighted by molar-refractivity contribution is 0.145. The first kappa shape index (κ1) is 14.6. The molecule has 0 aliphatic carbocycles. The van der Waals surface area contributed by atoms with Crippen molar-refractivity contribution in [2.75, 3.05) is 18.0 Å². The molecule has 1 aliphatic heterocycles. The second kappa shape index (κ2) is 6.18. The first-order chi connectivity index (χ1) is 10.1. The van der Waals surface area contributed by atoms with Gasteiger partial charge in [0.1, 0.15) is 0 Å². The van der Waals surface area contributed by atoms with Crippen molar-refractivity contribution < 1.29 is 5.11 Å². The molecule has 1 aromatic heterocycles. The molecule has 0 unspecified atom stereocenters.